The number of carbonyl (C=O) groups is 1. The molecule has 0 radical (unpaired) electrons. The molecule has 4 heteroatoms. The van der Waals surface area contributed by atoms with Crippen LogP contribution in [0.4, 0.5) is 0 Å². The minimum Gasteiger partial charge on any atom is -0.385 e. The molecule has 15 heavy (non-hydrogen) atoms. The topological polar surface area (TPSA) is 50.4 Å². The SMILES string of the molecule is COCCC(C)NC(=O)[C@H]1CCCNC1. The number of methoxy groups -OCH3 is 1. The van der Waals surface area contributed by atoms with E-state index in [1.807, 2.05) is 6.92 Å². The molecule has 0 aromatic carbocycles. The Hall–Kier alpha value is -0.610. The first-order valence-corrected chi connectivity index (χ1v) is 5.74. The van der Waals surface area contributed by atoms with Gasteiger partial charge in [-0.1, -0.05) is 0 Å². The molecule has 1 rings (SSSR count). The summed E-state index contributed by atoms with van der Waals surface area (Å²) in [5, 5.41) is 6.27. The van der Waals surface area contributed by atoms with Gasteiger partial charge in [-0.3, -0.25) is 4.79 Å². The molecule has 0 spiro atoms. The number of carbonyl (C=O) groups excluding carboxylic acids is 1. The molecule has 1 amide bonds. The van der Waals surface area contributed by atoms with Crippen molar-refractivity contribution in [3.05, 3.63) is 0 Å². The second-order valence-electron chi connectivity index (χ2n) is 4.23. The predicted molar refractivity (Wildman–Crippen MR) is 59.7 cm³/mol. The fourth-order valence-corrected chi connectivity index (χ4v) is 1.80. The largest absolute Gasteiger partial charge is 0.385 e. The Morgan fingerprint density at radius 2 is 2.47 bits per heavy atom. The maximum atomic E-state index is 11.8. The highest BCUT2D eigenvalue weighted by atomic mass is 16.5. The Bertz CT molecular complexity index is 191. The number of hydrogen-bond acceptors (Lipinski definition) is 3. The summed E-state index contributed by atoms with van der Waals surface area (Å²) in [7, 11) is 1.68. The van der Waals surface area contributed by atoms with Crippen LogP contribution in [-0.4, -0.2) is 38.8 Å². The summed E-state index contributed by atoms with van der Waals surface area (Å²) in [5.41, 5.74) is 0. The highest BCUT2D eigenvalue weighted by Gasteiger charge is 2.21. The molecular formula is C11H22N2O2. The van der Waals surface area contributed by atoms with Crippen LogP contribution >= 0.6 is 0 Å². The van der Waals surface area contributed by atoms with Gasteiger partial charge in [0.25, 0.3) is 0 Å². The van der Waals surface area contributed by atoms with Crippen LogP contribution in [0, 0.1) is 5.92 Å². The number of hydrogen-bond donors (Lipinski definition) is 2. The number of amides is 1. The van der Waals surface area contributed by atoms with E-state index in [0.717, 1.165) is 32.4 Å². The average Bonchev–Trinajstić information content (AvgIpc) is 2.27. The van der Waals surface area contributed by atoms with Gasteiger partial charge in [0.15, 0.2) is 0 Å². The normalized spacial score (nSPS) is 23.5. The third kappa shape index (κ3) is 4.62. The molecule has 1 saturated heterocycles. The summed E-state index contributed by atoms with van der Waals surface area (Å²) in [4.78, 5) is 11.8. The van der Waals surface area contributed by atoms with E-state index in [9.17, 15) is 4.79 Å². The average molecular weight is 214 g/mol. The van der Waals surface area contributed by atoms with Crippen molar-refractivity contribution in [3.63, 3.8) is 0 Å². The summed E-state index contributed by atoms with van der Waals surface area (Å²) in [5.74, 6) is 0.342. The van der Waals surface area contributed by atoms with Gasteiger partial charge in [-0.25, -0.2) is 0 Å². The molecule has 88 valence electrons. The molecule has 2 atom stereocenters. The summed E-state index contributed by atoms with van der Waals surface area (Å²) in [6.07, 6.45) is 2.99. The van der Waals surface area contributed by atoms with Crippen molar-refractivity contribution in [2.24, 2.45) is 5.92 Å². The van der Waals surface area contributed by atoms with E-state index in [1.165, 1.54) is 0 Å². The molecule has 0 saturated carbocycles. The number of piperidine rings is 1. The van der Waals surface area contributed by atoms with Crippen LogP contribution in [0.3, 0.4) is 0 Å². The molecule has 1 aliphatic heterocycles. The highest BCUT2D eigenvalue weighted by Crippen LogP contribution is 2.10. The molecule has 0 aromatic heterocycles. The zero-order valence-electron chi connectivity index (χ0n) is 9.71. The molecule has 4 nitrogen and oxygen atoms in total. The molecule has 2 N–H and O–H groups in total. The number of nitrogens with one attached hydrogen (secondary N) is 2. The molecule has 0 aliphatic carbocycles. The second-order valence-corrected chi connectivity index (χ2v) is 4.23. The van der Waals surface area contributed by atoms with E-state index in [2.05, 4.69) is 10.6 Å². The lowest BCUT2D eigenvalue weighted by molar-refractivity contribution is -0.126. The minimum atomic E-state index is 0.156. The van der Waals surface area contributed by atoms with Crippen molar-refractivity contribution in [2.45, 2.75) is 32.2 Å². The second kappa shape index (κ2) is 6.80. The monoisotopic (exact) mass is 214 g/mol. The molecule has 1 fully saturated rings. The third-order valence-corrected chi connectivity index (χ3v) is 2.81. The summed E-state index contributed by atoms with van der Waals surface area (Å²) >= 11 is 0. The fourth-order valence-electron chi connectivity index (χ4n) is 1.80. The van der Waals surface area contributed by atoms with Crippen LogP contribution in [0.5, 0.6) is 0 Å². The predicted octanol–water partition coefficient (Wildman–Crippen LogP) is 0.527. The Morgan fingerprint density at radius 3 is 3.07 bits per heavy atom. The van der Waals surface area contributed by atoms with Gasteiger partial charge in [-0.05, 0) is 32.7 Å². The van der Waals surface area contributed by atoms with Crippen LogP contribution in [0.15, 0.2) is 0 Å². The first kappa shape index (κ1) is 12.5. The van der Waals surface area contributed by atoms with Crippen molar-refractivity contribution < 1.29 is 9.53 Å². The van der Waals surface area contributed by atoms with Crippen molar-refractivity contribution in [1.82, 2.24) is 10.6 Å². The van der Waals surface area contributed by atoms with Crippen molar-refractivity contribution in [2.75, 3.05) is 26.8 Å². The van der Waals surface area contributed by atoms with Gasteiger partial charge < -0.3 is 15.4 Å². The molecular weight excluding hydrogens is 192 g/mol. The van der Waals surface area contributed by atoms with Crippen LogP contribution in [-0.2, 0) is 9.53 Å². The van der Waals surface area contributed by atoms with Gasteiger partial charge >= 0.3 is 0 Å². The maximum absolute atomic E-state index is 11.8. The quantitative estimate of drug-likeness (QED) is 0.702. The zero-order chi connectivity index (χ0) is 11.1. The molecule has 1 heterocycles. The van der Waals surface area contributed by atoms with E-state index in [1.54, 1.807) is 7.11 Å². The fraction of sp³-hybridized carbons (Fsp3) is 0.909. The lowest BCUT2D eigenvalue weighted by Crippen LogP contribution is -2.43. The van der Waals surface area contributed by atoms with Gasteiger partial charge in [-0.2, -0.15) is 0 Å². The smallest absolute Gasteiger partial charge is 0.224 e. The Balaban J connectivity index is 2.21. The molecule has 1 unspecified atom stereocenters. The zero-order valence-corrected chi connectivity index (χ0v) is 9.71. The van der Waals surface area contributed by atoms with Crippen LogP contribution in [0.25, 0.3) is 0 Å². The van der Waals surface area contributed by atoms with Gasteiger partial charge in [0.05, 0.1) is 5.92 Å². The highest BCUT2D eigenvalue weighted by molar-refractivity contribution is 5.79. The van der Waals surface area contributed by atoms with Crippen molar-refractivity contribution in [1.29, 1.82) is 0 Å². The van der Waals surface area contributed by atoms with Crippen molar-refractivity contribution in [3.8, 4) is 0 Å². The van der Waals surface area contributed by atoms with E-state index in [4.69, 9.17) is 4.74 Å². The Kier molecular flexibility index (Phi) is 5.65. The number of ether oxygens (including phenoxy) is 1. The molecule has 0 aromatic rings. The Labute approximate surface area is 91.8 Å². The van der Waals surface area contributed by atoms with Crippen molar-refractivity contribution >= 4 is 5.91 Å². The van der Waals surface area contributed by atoms with Gasteiger partial charge in [0.1, 0.15) is 0 Å². The van der Waals surface area contributed by atoms with Gasteiger partial charge in [-0.15, -0.1) is 0 Å². The third-order valence-electron chi connectivity index (χ3n) is 2.81. The van der Waals surface area contributed by atoms with E-state index in [-0.39, 0.29) is 17.9 Å². The summed E-state index contributed by atoms with van der Waals surface area (Å²) < 4.78 is 4.98. The standard InChI is InChI=1S/C11H22N2O2/c1-9(5-7-15-2)13-11(14)10-4-3-6-12-8-10/h9-10,12H,3-8H2,1-2H3,(H,13,14)/t9?,10-/m0/s1. The van der Waals surface area contributed by atoms with Crippen LogP contribution in [0.1, 0.15) is 26.2 Å². The van der Waals surface area contributed by atoms with Gasteiger partial charge in [0, 0.05) is 26.3 Å². The number of rotatable bonds is 5. The lowest BCUT2D eigenvalue weighted by Gasteiger charge is -2.23. The maximum Gasteiger partial charge on any atom is 0.224 e. The summed E-state index contributed by atoms with van der Waals surface area (Å²) in [6.45, 7) is 4.59. The van der Waals surface area contributed by atoms with E-state index in [0.29, 0.717) is 6.61 Å². The first-order valence-electron chi connectivity index (χ1n) is 5.74. The first-order chi connectivity index (χ1) is 7.24. The van der Waals surface area contributed by atoms with Crippen LogP contribution in [0.2, 0.25) is 0 Å². The lowest BCUT2D eigenvalue weighted by atomic mass is 9.98. The minimum absolute atomic E-state index is 0.156. The molecule has 1 aliphatic rings. The summed E-state index contributed by atoms with van der Waals surface area (Å²) in [6, 6.07) is 0.208. The Morgan fingerprint density at radius 1 is 1.67 bits per heavy atom. The van der Waals surface area contributed by atoms with E-state index < -0.39 is 0 Å². The van der Waals surface area contributed by atoms with Gasteiger partial charge in [0.2, 0.25) is 5.91 Å². The van der Waals surface area contributed by atoms with E-state index >= 15 is 0 Å². The molecule has 0 bridgehead atoms. The van der Waals surface area contributed by atoms with Crippen LogP contribution < -0.4 is 10.6 Å².